The van der Waals surface area contributed by atoms with Crippen LogP contribution in [-0.2, 0) is 13.1 Å². The highest BCUT2D eigenvalue weighted by atomic mass is 127. The summed E-state index contributed by atoms with van der Waals surface area (Å²) in [5.74, 6) is 1.51. The number of pyridine rings is 1. The van der Waals surface area contributed by atoms with E-state index in [0.717, 1.165) is 49.7 Å². The van der Waals surface area contributed by atoms with Gasteiger partial charge in [-0.3, -0.25) is 4.99 Å². The third kappa shape index (κ3) is 7.11. The Morgan fingerprint density at radius 1 is 1.03 bits per heavy atom. The summed E-state index contributed by atoms with van der Waals surface area (Å²) < 4.78 is 13.0. The highest BCUT2D eigenvalue weighted by molar-refractivity contribution is 14.0. The summed E-state index contributed by atoms with van der Waals surface area (Å²) in [7, 11) is 1.74. The van der Waals surface area contributed by atoms with Gasteiger partial charge in [0.2, 0.25) is 0 Å². The van der Waals surface area contributed by atoms with Crippen molar-refractivity contribution in [2.75, 3.05) is 44.7 Å². The second kappa shape index (κ2) is 11.9. The van der Waals surface area contributed by atoms with Crippen molar-refractivity contribution in [1.29, 1.82) is 0 Å². The van der Waals surface area contributed by atoms with Crippen LogP contribution in [0.2, 0.25) is 0 Å². The Labute approximate surface area is 189 Å². The number of aliphatic imine (C=N–C) groups is 1. The highest BCUT2D eigenvalue weighted by Gasteiger charge is 2.16. The predicted octanol–water partition coefficient (Wildman–Crippen LogP) is 2.85. The van der Waals surface area contributed by atoms with Crippen molar-refractivity contribution in [3.8, 4) is 0 Å². The fraction of sp³-hybridized carbons (Fsp3) is 0.429. The van der Waals surface area contributed by atoms with Crippen molar-refractivity contribution in [2.24, 2.45) is 4.99 Å². The zero-order chi connectivity index (χ0) is 19.8. The molecule has 2 aromatic rings. The van der Waals surface area contributed by atoms with Crippen LogP contribution in [0.4, 0.5) is 10.2 Å². The SMILES string of the molecule is CCN1CCN(c2cc(CNC(=NC)NCc3ccc(F)cc3)ccn2)CC1.I. The first-order valence-corrected chi connectivity index (χ1v) is 9.79. The Balaban J connectivity index is 0.00000300. The maximum atomic E-state index is 13.0. The normalized spacial score (nSPS) is 15.0. The number of benzene rings is 1. The van der Waals surface area contributed by atoms with Crippen molar-refractivity contribution in [3.63, 3.8) is 0 Å². The van der Waals surface area contributed by atoms with E-state index in [-0.39, 0.29) is 29.8 Å². The molecule has 0 unspecified atom stereocenters. The molecule has 2 N–H and O–H groups in total. The molecule has 0 atom stereocenters. The van der Waals surface area contributed by atoms with Crippen molar-refractivity contribution in [2.45, 2.75) is 20.0 Å². The lowest BCUT2D eigenvalue weighted by atomic mass is 10.2. The number of nitrogens with zero attached hydrogens (tertiary/aromatic N) is 4. The number of rotatable bonds is 6. The molecule has 6 nitrogen and oxygen atoms in total. The molecule has 1 aliphatic rings. The zero-order valence-corrected chi connectivity index (χ0v) is 19.4. The molecular formula is C21H30FIN6. The minimum Gasteiger partial charge on any atom is -0.354 e. The number of hydrogen-bond donors (Lipinski definition) is 2. The average Bonchev–Trinajstić information content (AvgIpc) is 2.75. The van der Waals surface area contributed by atoms with Gasteiger partial charge in [-0.15, -0.1) is 24.0 Å². The molecule has 1 fully saturated rings. The van der Waals surface area contributed by atoms with E-state index in [9.17, 15) is 4.39 Å². The summed E-state index contributed by atoms with van der Waals surface area (Å²) in [6.45, 7) is 8.75. The van der Waals surface area contributed by atoms with Crippen LogP contribution >= 0.6 is 24.0 Å². The summed E-state index contributed by atoms with van der Waals surface area (Å²) in [6.07, 6.45) is 1.87. The van der Waals surface area contributed by atoms with E-state index in [2.05, 4.69) is 43.4 Å². The highest BCUT2D eigenvalue weighted by Crippen LogP contribution is 2.15. The maximum Gasteiger partial charge on any atom is 0.191 e. The van der Waals surface area contributed by atoms with E-state index in [0.29, 0.717) is 19.0 Å². The lowest BCUT2D eigenvalue weighted by Crippen LogP contribution is -2.46. The molecule has 1 aliphatic heterocycles. The number of anilines is 1. The second-order valence-electron chi connectivity index (χ2n) is 6.85. The molecule has 0 amide bonds. The molecule has 0 aliphatic carbocycles. The van der Waals surface area contributed by atoms with Crippen LogP contribution in [0.3, 0.4) is 0 Å². The topological polar surface area (TPSA) is 55.8 Å². The first kappa shape index (κ1) is 23.3. The van der Waals surface area contributed by atoms with Crippen LogP contribution in [0, 0.1) is 5.82 Å². The van der Waals surface area contributed by atoms with Gasteiger partial charge >= 0.3 is 0 Å². The number of aromatic nitrogens is 1. The maximum absolute atomic E-state index is 13.0. The average molecular weight is 512 g/mol. The van der Waals surface area contributed by atoms with Crippen LogP contribution in [0.15, 0.2) is 47.6 Å². The van der Waals surface area contributed by atoms with Gasteiger partial charge in [0.05, 0.1) is 0 Å². The van der Waals surface area contributed by atoms with Crippen LogP contribution in [0.5, 0.6) is 0 Å². The van der Waals surface area contributed by atoms with Crippen molar-refractivity contribution in [1.82, 2.24) is 20.5 Å². The van der Waals surface area contributed by atoms with Gasteiger partial charge in [-0.1, -0.05) is 19.1 Å². The Hall–Kier alpha value is -1.94. The minimum absolute atomic E-state index is 0. The number of nitrogens with one attached hydrogen (secondary N) is 2. The summed E-state index contributed by atoms with van der Waals surface area (Å²) in [4.78, 5) is 13.6. The molecule has 0 spiro atoms. The molecule has 29 heavy (non-hydrogen) atoms. The van der Waals surface area contributed by atoms with Crippen LogP contribution in [0.1, 0.15) is 18.1 Å². The summed E-state index contributed by atoms with van der Waals surface area (Å²) in [5, 5.41) is 6.57. The van der Waals surface area contributed by atoms with Gasteiger partial charge in [0.25, 0.3) is 0 Å². The first-order chi connectivity index (χ1) is 13.7. The van der Waals surface area contributed by atoms with Crippen LogP contribution in [0.25, 0.3) is 0 Å². The molecule has 0 bridgehead atoms. The zero-order valence-electron chi connectivity index (χ0n) is 17.1. The molecule has 3 rings (SSSR count). The number of hydrogen-bond acceptors (Lipinski definition) is 4. The lowest BCUT2D eigenvalue weighted by molar-refractivity contribution is 0.270. The summed E-state index contributed by atoms with van der Waals surface area (Å²) >= 11 is 0. The largest absolute Gasteiger partial charge is 0.354 e. The van der Waals surface area contributed by atoms with Gasteiger partial charge in [0.1, 0.15) is 11.6 Å². The molecule has 0 saturated carbocycles. The van der Waals surface area contributed by atoms with Gasteiger partial charge in [-0.25, -0.2) is 9.37 Å². The van der Waals surface area contributed by atoms with E-state index >= 15 is 0 Å². The van der Waals surface area contributed by atoms with Crippen molar-refractivity contribution >= 4 is 35.8 Å². The fourth-order valence-electron chi connectivity index (χ4n) is 3.23. The standard InChI is InChI=1S/C21H29FN6.HI/c1-3-27-10-12-28(13-11-27)20-14-18(8-9-24-20)16-26-21(23-2)25-15-17-4-6-19(22)7-5-17;/h4-9,14H,3,10-13,15-16H2,1-2H3,(H2,23,25,26);1H. The summed E-state index contributed by atoms with van der Waals surface area (Å²) in [6, 6.07) is 10.6. The van der Waals surface area contributed by atoms with Gasteiger partial charge in [0.15, 0.2) is 5.96 Å². The quantitative estimate of drug-likeness (QED) is 0.354. The third-order valence-corrected chi connectivity index (χ3v) is 5.01. The van der Waals surface area contributed by atoms with Gasteiger partial charge in [-0.2, -0.15) is 0 Å². The van der Waals surface area contributed by atoms with Crippen molar-refractivity contribution in [3.05, 3.63) is 59.5 Å². The summed E-state index contributed by atoms with van der Waals surface area (Å²) in [5.41, 5.74) is 2.16. The molecule has 1 aromatic carbocycles. The Bertz CT molecular complexity index is 775. The molecule has 0 radical (unpaired) electrons. The second-order valence-corrected chi connectivity index (χ2v) is 6.85. The van der Waals surface area contributed by atoms with E-state index in [1.807, 2.05) is 12.3 Å². The predicted molar refractivity (Wildman–Crippen MR) is 127 cm³/mol. The fourth-order valence-corrected chi connectivity index (χ4v) is 3.23. The molecule has 8 heteroatoms. The Morgan fingerprint density at radius 2 is 1.69 bits per heavy atom. The lowest BCUT2D eigenvalue weighted by Gasteiger charge is -2.34. The first-order valence-electron chi connectivity index (χ1n) is 9.79. The van der Waals surface area contributed by atoms with E-state index in [1.54, 1.807) is 19.2 Å². The monoisotopic (exact) mass is 512 g/mol. The van der Waals surface area contributed by atoms with Crippen molar-refractivity contribution < 1.29 is 4.39 Å². The number of piperazine rings is 1. The van der Waals surface area contributed by atoms with E-state index < -0.39 is 0 Å². The van der Waals surface area contributed by atoms with Gasteiger partial charge < -0.3 is 20.4 Å². The Kier molecular flexibility index (Phi) is 9.59. The Morgan fingerprint density at radius 3 is 2.31 bits per heavy atom. The third-order valence-electron chi connectivity index (χ3n) is 5.01. The number of guanidine groups is 1. The molecule has 158 valence electrons. The van der Waals surface area contributed by atoms with Gasteiger partial charge in [0, 0.05) is 52.5 Å². The molecule has 1 saturated heterocycles. The van der Waals surface area contributed by atoms with E-state index in [4.69, 9.17) is 0 Å². The molecule has 1 aromatic heterocycles. The van der Waals surface area contributed by atoms with E-state index in [1.165, 1.54) is 12.1 Å². The minimum atomic E-state index is -0.226. The number of likely N-dealkylation sites (N-methyl/N-ethyl adjacent to an activating group) is 1. The van der Waals surface area contributed by atoms with Gasteiger partial charge in [-0.05, 0) is 41.9 Å². The van der Waals surface area contributed by atoms with Crippen LogP contribution in [-0.4, -0.2) is 55.6 Å². The molecule has 2 heterocycles. The number of halogens is 2. The molecular weight excluding hydrogens is 482 g/mol. The smallest absolute Gasteiger partial charge is 0.191 e. The van der Waals surface area contributed by atoms with Crippen LogP contribution < -0.4 is 15.5 Å².